The highest BCUT2D eigenvalue weighted by Crippen LogP contribution is 2.16. The van der Waals surface area contributed by atoms with E-state index in [4.69, 9.17) is 0 Å². The first-order valence-electron chi connectivity index (χ1n) is 6.51. The Balaban J connectivity index is 0.00000220. The summed E-state index contributed by atoms with van der Waals surface area (Å²) in [7, 11) is 5.84. The molecule has 0 radical (unpaired) electrons. The van der Waals surface area contributed by atoms with E-state index in [0.29, 0.717) is 11.0 Å². The predicted octanol–water partition coefficient (Wildman–Crippen LogP) is 2.06. The van der Waals surface area contributed by atoms with Gasteiger partial charge in [0.05, 0.1) is 27.4 Å². The molecule has 2 rings (SSSR count). The van der Waals surface area contributed by atoms with Crippen molar-refractivity contribution < 1.29 is 9.59 Å². The van der Waals surface area contributed by atoms with Crippen molar-refractivity contribution in [2.45, 2.75) is 0 Å². The molecular weight excluding hydrogens is 286 g/mol. The summed E-state index contributed by atoms with van der Waals surface area (Å²) in [4.78, 5) is 0. The first-order chi connectivity index (χ1) is 9.46. The number of rotatable bonds is 4. The van der Waals surface area contributed by atoms with Gasteiger partial charge in [0.2, 0.25) is 0 Å². The normalized spacial score (nSPS) is 12.6. The van der Waals surface area contributed by atoms with Crippen LogP contribution >= 0.6 is 12.4 Å². The topological polar surface area (TPSA) is 47.8 Å². The average molecular weight is 306 g/mol. The summed E-state index contributed by atoms with van der Waals surface area (Å²) < 4.78 is 0.548. The minimum absolute atomic E-state index is 0. The van der Waals surface area contributed by atoms with Crippen LogP contribution in [-0.2, 0) is 0 Å². The van der Waals surface area contributed by atoms with Gasteiger partial charge in [-0.15, -0.1) is 12.4 Å². The molecule has 0 bridgehead atoms. The van der Waals surface area contributed by atoms with Gasteiger partial charge in [0.1, 0.15) is 6.54 Å². The molecule has 0 N–H and O–H groups in total. The Hall–Kier alpha value is -1.91. The van der Waals surface area contributed by atoms with Gasteiger partial charge in [-0.2, -0.15) is 10.2 Å². The van der Waals surface area contributed by atoms with Crippen LogP contribution in [0.2, 0.25) is 0 Å². The van der Waals surface area contributed by atoms with E-state index < -0.39 is 0 Å². The number of hydrogen-bond acceptors (Lipinski definition) is 3. The molecule has 2 aromatic rings. The van der Waals surface area contributed by atoms with Crippen molar-refractivity contribution in [3.63, 3.8) is 0 Å². The van der Waals surface area contributed by atoms with Crippen LogP contribution in [0.15, 0.2) is 52.7 Å². The van der Waals surface area contributed by atoms with Gasteiger partial charge in [-0.3, -0.25) is 0 Å². The lowest BCUT2D eigenvalue weighted by Crippen LogP contribution is -2.43. The van der Waals surface area contributed by atoms with Crippen LogP contribution in [0.25, 0.3) is 10.8 Å². The number of hydrogen-bond donors (Lipinski definition) is 0. The van der Waals surface area contributed by atoms with Crippen LogP contribution in [0.3, 0.4) is 0 Å². The fourth-order valence-electron chi connectivity index (χ4n) is 1.96. The molecule has 0 unspecified atom stereocenters. The monoisotopic (exact) mass is 305 g/mol. The molecule has 0 aliphatic carbocycles. The van der Waals surface area contributed by atoms with Crippen molar-refractivity contribution in [2.24, 2.45) is 10.2 Å². The summed E-state index contributed by atoms with van der Waals surface area (Å²) in [6, 6.07) is 14.0. The Morgan fingerprint density at radius 1 is 1.10 bits per heavy atom. The Morgan fingerprint density at radius 2 is 1.76 bits per heavy atom. The van der Waals surface area contributed by atoms with Gasteiger partial charge in [0.25, 0.3) is 0 Å². The predicted molar refractivity (Wildman–Crippen MR) is 89.1 cm³/mol. The molecule has 4 nitrogen and oxygen atoms in total. The highest BCUT2D eigenvalue weighted by atomic mass is 35.5. The Bertz CT molecular complexity index is 655. The van der Waals surface area contributed by atoms with Crippen LogP contribution < -0.4 is 5.11 Å². The number of benzene rings is 2. The molecule has 112 valence electrons. The SMILES string of the molecule is C[N+](C)(C)CC([O-])=NN=Cc1cccc2ccccc12.Cl. The van der Waals surface area contributed by atoms with Gasteiger partial charge in [-0.1, -0.05) is 42.5 Å². The number of nitrogens with zero attached hydrogens (tertiary/aromatic N) is 3. The fourth-order valence-corrected chi connectivity index (χ4v) is 1.96. The van der Waals surface area contributed by atoms with Gasteiger partial charge >= 0.3 is 0 Å². The number of likely N-dealkylation sites (N-methyl/N-ethyl adjacent to an activating group) is 1. The molecule has 0 fully saturated rings. The molecule has 0 aliphatic rings. The molecule has 2 aromatic carbocycles. The van der Waals surface area contributed by atoms with Crippen molar-refractivity contribution in [2.75, 3.05) is 27.7 Å². The van der Waals surface area contributed by atoms with Crippen molar-refractivity contribution in [1.29, 1.82) is 0 Å². The highest BCUT2D eigenvalue weighted by molar-refractivity contribution is 5.99. The molecule has 0 aliphatic heterocycles. The smallest absolute Gasteiger partial charge is 0.109 e. The number of fused-ring (bicyclic) bond motifs is 1. The molecule has 0 heterocycles. The van der Waals surface area contributed by atoms with Crippen LogP contribution in [0.1, 0.15) is 5.56 Å². The highest BCUT2D eigenvalue weighted by Gasteiger charge is 2.05. The summed E-state index contributed by atoms with van der Waals surface area (Å²) in [5.74, 6) is -0.214. The summed E-state index contributed by atoms with van der Waals surface area (Å²) >= 11 is 0. The van der Waals surface area contributed by atoms with Crippen LogP contribution in [0.4, 0.5) is 0 Å². The number of halogens is 1. The van der Waals surface area contributed by atoms with Gasteiger partial charge in [-0.05, 0) is 10.8 Å². The first-order valence-corrected chi connectivity index (χ1v) is 6.51. The van der Waals surface area contributed by atoms with Crippen molar-refractivity contribution >= 4 is 35.3 Å². The third kappa shape index (κ3) is 5.17. The second-order valence-corrected chi connectivity index (χ2v) is 5.76. The third-order valence-electron chi connectivity index (χ3n) is 2.80. The minimum Gasteiger partial charge on any atom is -0.857 e. The minimum atomic E-state index is -0.214. The largest absolute Gasteiger partial charge is 0.857 e. The zero-order chi connectivity index (χ0) is 14.6. The van der Waals surface area contributed by atoms with Crippen molar-refractivity contribution in [1.82, 2.24) is 0 Å². The second kappa shape index (κ2) is 7.20. The maximum atomic E-state index is 11.6. The Labute approximate surface area is 131 Å². The lowest BCUT2D eigenvalue weighted by molar-refractivity contribution is -0.863. The van der Waals surface area contributed by atoms with Crippen LogP contribution in [-0.4, -0.2) is 44.3 Å². The average Bonchev–Trinajstić information content (AvgIpc) is 2.37. The maximum absolute atomic E-state index is 11.6. The van der Waals surface area contributed by atoms with E-state index >= 15 is 0 Å². The molecule has 0 saturated heterocycles. The lowest BCUT2D eigenvalue weighted by atomic mass is 10.1. The fraction of sp³-hybridized carbons (Fsp3) is 0.250. The van der Waals surface area contributed by atoms with E-state index in [-0.39, 0.29) is 18.3 Å². The standard InChI is InChI=1S/C16H19N3O.ClH/c1-19(2,3)12-16(20)18-17-11-14-9-6-8-13-7-4-5-10-15(13)14;/h4-11H,12H2,1-3H3;1H. The number of quaternary nitrogens is 1. The molecule has 0 aromatic heterocycles. The zero-order valence-corrected chi connectivity index (χ0v) is 13.3. The summed E-state index contributed by atoms with van der Waals surface area (Å²) in [5.41, 5.74) is 0.963. The van der Waals surface area contributed by atoms with Gasteiger partial charge in [0, 0.05) is 11.5 Å². The molecule has 0 amide bonds. The molecule has 21 heavy (non-hydrogen) atoms. The van der Waals surface area contributed by atoms with Gasteiger partial charge < -0.3 is 9.59 Å². The third-order valence-corrected chi connectivity index (χ3v) is 2.80. The van der Waals surface area contributed by atoms with Crippen LogP contribution in [0, 0.1) is 0 Å². The van der Waals surface area contributed by atoms with E-state index in [1.807, 2.05) is 63.6 Å². The molecule has 5 heteroatoms. The van der Waals surface area contributed by atoms with Gasteiger partial charge in [0.15, 0.2) is 0 Å². The van der Waals surface area contributed by atoms with E-state index in [1.165, 1.54) is 0 Å². The van der Waals surface area contributed by atoms with Crippen molar-refractivity contribution in [3.05, 3.63) is 48.0 Å². The first kappa shape index (κ1) is 17.1. The Morgan fingerprint density at radius 3 is 2.48 bits per heavy atom. The van der Waals surface area contributed by atoms with Crippen molar-refractivity contribution in [3.8, 4) is 0 Å². The maximum Gasteiger partial charge on any atom is 0.109 e. The van der Waals surface area contributed by atoms with E-state index in [0.717, 1.165) is 16.3 Å². The molecule has 0 saturated carbocycles. The molecular formula is C16H20ClN3O. The molecule has 0 spiro atoms. The molecule has 0 atom stereocenters. The Kier molecular flexibility index (Phi) is 5.88. The van der Waals surface area contributed by atoms with E-state index in [1.54, 1.807) is 6.21 Å². The summed E-state index contributed by atoms with van der Waals surface area (Å²) in [5, 5.41) is 21.5. The van der Waals surface area contributed by atoms with Crippen LogP contribution in [0.5, 0.6) is 0 Å². The zero-order valence-electron chi connectivity index (χ0n) is 12.5. The van der Waals surface area contributed by atoms with Gasteiger partial charge in [-0.25, -0.2) is 0 Å². The lowest BCUT2D eigenvalue weighted by Gasteiger charge is -2.25. The second-order valence-electron chi connectivity index (χ2n) is 5.76. The summed E-state index contributed by atoms with van der Waals surface area (Å²) in [6.45, 7) is 0.340. The van der Waals surface area contributed by atoms with E-state index in [2.05, 4.69) is 10.2 Å². The quantitative estimate of drug-likeness (QED) is 0.369. The summed E-state index contributed by atoms with van der Waals surface area (Å²) in [6.07, 6.45) is 1.63. The van der Waals surface area contributed by atoms with E-state index in [9.17, 15) is 5.11 Å².